The molecule has 21 heavy (non-hydrogen) atoms. The van der Waals surface area contributed by atoms with Crippen LogP contribution in [-0.4, -0.2) is 36.6 Å². The van der Waals surface area contributed by atoms with Gasteiger partial charge in [0.15, 0.2) is 5.16 Å². The van der Waals surface area contributed by atoms with Crippen molar-refractivity contribution in [3.05, 3.63) is 21.9 Å². The molecular formula is C13H18N4O2S2. The highest BCUT2D eigenvalue weighted by molar-refractivity contribution is 7.99. The summed E-state index contributed by atoms with van der Waals surface area (Å²) in [7, 11) is 0. The summed E-state index contributed by atoms with van der Waals surface area (Å²) in [5, 5.41) is 18.7. The molecule has 114 valence electrons. The Morgan fingerprint density at radius 3 is 2.76 bits per heavy atom. The summed E-state index contributed by atoms with van der Waals surface area (Å²) < 4.78 is 1.99. The molecule has 2 aromatic rings. The van der Waals surface area contributed by atoms with E-state index in [2.05, 4.69) is 22.1 Å². The monoisotopic (exact) mass is 326 g/mol. The molecule has 0 amide bonds. The van der Waals surface area contributed by atoms with E-state index in [1.54, 1.807) is 11.3 Å². The van der Waals surface area contributed by atoms with Gasteiger partial charge in [-0.25, -0.2) is 4.98 Å². The van der Waals surface area contributed by atoms with E-state index in [0.717, 1.165) is 23.7 Å². The molecule has 0 aromatic carbocycles. The van der Waals surface area contributed by atoms with E-state index >= 15 is 0 Å². The highest BCUT2D eigenvalue weighted by atomic mass is 32.2. The third kappa shape index (κ3) is 3.62. The summed E-state index contributed by atoms with van der Waals surface area (Å²) in [5.41, 5.74) is 0. The second-order valence-electron chi connectivity index (χ2n) is 4.50. The standard InChI is InChI=1S/C13H18N4O2S2/c1-4-9-6-14-12(21-9)8(3)17-10(5-2)15-16-13(17)20-7-11(18)19/h6,8H,4-5,7H2,1-3H3,(H,18,19). The first-order valence-corrected chi connectivity index (χ1v) is 8.59. The molecule has 0 aliphatic rings. The molecule has 0 saturated carbocycles. The molecule has 0 radical (unpaired) electrons. The van der Waals surface area contributed by atoms with Gasteiger partial charge in [0.1, 0.15) is 10.8 Å². The molecule has 2 aromatic heterocycles. The quantitative estimate of drug-likeness (QED) is 0.788. The molecule has 0 bridgehead atoms. The van der Waals surface area contributed by atoms with Gasteiger partial charge >= 0.3 is 5.97 Å². The van der Waals surface area contributed by atoms with E-state index in [4.69, 9.17) is 5.11 Å². The summed E-state index contributed by atoms with van der Waals surface area (Å²) in [5.74, 6) is -0.0291. The zero-order valence-electron chi connectivity index (χ0n) is 12.2. The van der Waals surface area contributed by atoms with Crippen molar-refractivity contribution in [2.45, 2.75) is 44.8 Å². The lowest BCUT2D eigenvalue weighted by molar-refractivity contribution is -0.133. The van der Waals surface area contributed by atoms with Gasteiger partial charge in [-0.05, 0) is 13.3 Å². The largest absolute Gasteiger partial charge is 0.481 e. The summed E-state index contributed by atoms with van der Waals surface area (Å²) in [4.78, 5) is 16.5. The number of rotatable bonds is 7. The van der Waals surface area contributed by atoms with Crippen LogP contribution in [0.4, 0.5) is 0 Å². The summed E-state index contributed by atoms with van der Waals surface area (Å²) in [6, 6.07) is 0.0107. The fourth-order valence-electron chi connectivity index (χ4n) is 1.95. The number of nitrogens with zero attached hydrogens (tertiary/aromatic N) is 4. The lowest BCUT2D eigenvalue weighted by atomic mass is 10.3. The molecule has 1 atom stereocenters. The van der Waals surface area contributed by atoms with E-state index in [1.807, 2.05) is 24.6 Å². The Hall–Kier alpha value is -1.41. The van der Waals surface area contributed by atoms with Crippen LogP contribution in [0.3, 0.4) is 0 Å². The topological polar surface area (TPSA) is 80.9 Å². The number of hydrogen-bond acceptors (Lipinski definition) is 6. The molecule has 1 unspecified atom stereocenters. The number of carboxylic acid groups (broad SMARTS) is 1. The SMILES string of the molecule is CCc1cnc(C(C)n2c(CC)nnc2SCC(=O)O)s1. The Morgan fingerprint density at radius 2 is 2.19 bits per heavy atom. The number of hydrogen-bond donors (Lipinski definition) is 1. The van der Waals surface area contributed by atoms with Crippen LogP contribution in [0.25, 0.3) is 0 Å². The summed E-state index contributed by atoms with van der Waals surface area (Å²) >= 11 is 2.87. The average Bonchev–Trinajstić information content (AvgIpc) is 3.10. The van der Waals surface area contributed by atoms with Gasteiger partial charge in [0, 0.05) is 17.5 Å². The van der Waals surface area contributed by atoms with Gasteiger partial charge in [0.05, 0.1) is 11.8 Å². The van der Waals surface area contributed by atoms with Crippen LogP contribution in [0.1, 0.15) is 42.5 Å². The molecule has 6 nitrogen and oxygen atoms in total. The normalized spacial score (nSPS) is 12.5. The number of aliphatic carboxylic acids is 1. The second kappa shape index (κ2) is 7.04. The Labute approximate surface area is 131 Å². The van der Waals surface area contributed by atoms with Gasteiger partial charge in [-0.15, -0.1) is 21.5 Å². The number of carboxylic acids is 1. The maximum Gasteiger partial charge on any atom is 0.313 e. The zero-order valence-corrected chi connectivity index (χ0v) is 13.9. The Morgan fingerprint density at radius 1 is 1.43 bits per heavy atom. The predicted octanol–water partition coefficient (Wildman–Crippen LogP) is 2.65. The van der Waals surface area contributed by atoms with Crippen molar-refractivity contribution in [1.29, 1.82) is 0 Å². The van der Waals surface area contributed by atoms with Gasteiger partial charge in [-0.3, -0.25) is 9.36 Å². The minimum Gasteiger partial charge on any atom is -0.481 e. The first kappa shape index (κ1) is 16.0. The van der Waals surface area contributed by atoms with Gasteiger partial charge < -0.3 is 5.11 Å². The Balaban J connectivity index is 2.31. The molecule has 1 N–H and O–H groups in total. The number of thiazole rings is 1. The van der Waals surface area contributed by atoms with Crippen LogP contribution in [0.5, 0.6) is 0 Å². The lowest BCUT2D eigenvalue weighted by Gasteiger charge is -2.15. The fraction of sp³-hybridized carbons (Fsp3) is 0.538. The second-order valence-corrected chi connectivity index (χ2v) is 6.59. The molecule has 2 rings (SSSR count). The van der Waals surface area contributed by atoms with Crippen molar-refractivity contribution < 1.29 is 9.90 Å². The molecule has 0 saturated heterocycles. The molecule has 0 fully saturated rings. The first-order chi connectivity index (χ1) is 10.1. The van der Waals surface area contributed by atoms with E-state index < -0.39 is 5.97 Å². The van der Waals surface area contributed by atoms with Crippen LogP contribution >= 0.6 is 23.1 Å². The van der Waals surface area contributed by atoms with Crippen LogP contribution in [0, 0.1) is 0 Å². The van der Waals surface area contributed by atoms with Crippen LogP contribution in [0.2, 0.25) is 0 Å². The van der Waals surface area contributed by atoms with E-state index in [-0.39, 0.29) is 11.8 Å². The Kier molecular flexibility index (Phi) is 5.35. The van der Waals surface area contributed by atoms with Crippen LogP contribution in [0.15, 0.2) is 11.4 Å². The number of carbonyl (C=O) groups is 1. The smallest absolute Gasteiger partial charge is 0.313 e. The van der Waals surface area contributed by atoms with E-state index in [0.29, 0.717) is 5.16 Å². The minimum atomic E-state index is -0.859. The fourth-order valence-corrected chi connectivity index (χ4v) is 3.61. The maximum absolute atomic E-state index is 10.8. The van der Waals surface area contributed by atoms with Crippen LogP contribution < -0.4 is 0 Å². The van der Waals surface area contributed by atoms with Crippen molar-refractivity contribution in [3.8, 4) is 0 Å². The first-order valence-electron chi connectivity index (χ1n) is 6.79. The zero-order chi connectivity index (χ0) is 15.4. The summed E-state index contributed by atoms with van der Waals surface area (Å²) in [6.45, 7) is 6.16. The predicted molar refractivity (Wildman–Crippen MR) is 83.1 cm³/mol. The molecule has 0 spiro atoms. The molecule has 8 heteroatoms. The van der Waals surface area contributed by atoms with Crippen molar-refractivity contribution in [2.75, 3.05) is 5.75 Å². The number of aromatic nitrogens is 4. The molecular weight excluding hydrogens is 308 g/mol. The lowest BCUT2D eigenvalue weighted by Crippen LogP contribution is -2.12. The molecule has 0 aliphatic carbocycles. The van der Waals surface area contributed by atoms with Crippen molar-refractivity contribution in [1.82, 2.24) is 19.7 Å². The minimum absolute atomic E-state index is 0.0107. The van der Waals surface area contributed by atoms with Gasteiger partial charge in [-0.2, -0.15) is 0 Å². The van der Waals surface area contributed by atoms with Gasteiger partial charge in [0.2, 0.25) is 0 Å². The highest BCUT2D eigenvalue weighted by Crippen LogP contribution is 2.29. The number of thioether (sulfide) groups is 1. The Bertz CT molecular complexity index is 623. The van der Waals surface area contributed by atoms with Gasteiger partial charge in [0.25, 0.3) is 0 Å². The van der Waals surface area contributed by atoms with Crippen molar-refractivity contribution in [3.63, 3.8) is 0 Å². The maximum atomic E-state index is 10.8. The third-order valence-electron chi connectivity index (χ3n) is 3.04. The molecule has 0 aliphatic heterocycles. The number of aryl methyl sites for hydroxylation is 2. The van der Waals surface area contributed by atoms with Gasteiger partial charge in [-0.1, -0.05) is 25.6 Å². The average molecular weight is 326 g/mol. The third-order valence-corrected chi connectivity index (χ3v) is 5.28. The van der Waals surface area contributed by atoms with Crippen molar-refractivity contribution >= 4 is 29.1 Å². The van der Waals surface area contributed by atoms with E-state index in [9.17, 15) is 4.79 Å². The summed E-state index contributed by atoms with van der Waals surface area (Å²) in [6.07, 6.45) is 3.61. The van der Waals surface area contributed by atoms with Crippen molar-refractivity contribution in [2.24, 2.45) is 0 Å². The van der Waals surface area contributed by atoms with Crippen LogP contribution in [-0.2, 0) is 17.6 Å². The van der Waals surface area contributed by atoms with E-state index in [1.165, 1.54) is 16.6 Å². The highest BCUT2D eigenvalue weighted by Gasteiger charge is 2.21. The molecule has 2 heterocycles.